The van der Waals surface area contributed by atoms with Crippen LogP contribution in [0.1, 0.15) is 11.3 Å². The standard InChI is InChI=1S/C19H18F2N4/c20-16-7-6-15(19(21)9-16)8-14-11-24(12-14)13-17-10-22-25(23-17)18-4-2-1-3-5-18/h1-7,9-10,14H,8,11-13H2. The Morgan fingerprint density at radius 2 is 1.84 bits per heavy atom. The first kappa shape index (κ1) is 15.9. The molecular weight excluding hydrogens is 322 g/mol. The number of nitrogens with zero attached hydrogens (tertiary/aromatic N) is 4. The zero-order chi connectivity index (χ0) is 17.2. The van der Waals surface area contributed by atoms with E-state index >= 15 is 0 Å². The van der Waals surface area contributed by atoms with Crippen molar-refractivity contribution in [3.8, 4) is 5.69 Å². The van der Waals surface area contributed by atoms with Crippen LogP contribution in [0.25, 0.3) is 5.69 Å². The van der Waals surface area contributed by atoms with Gasteiger partial charge in [0.05, 0.1) is 17.6 Å². The highest BCUT2D eigenvalue weighted by molar-refractivity contribution is 5.28. The second kappa shape index (κ2) is 6.72. The van der Waals surface area contributed by atoms with E-state index in [1.54, 1.807) is 17.1 Å². The topological polar surface area (TPSA) is 34.0 Å². The van der Waals surface area contributed by atoms with Crippen LogP contribution in [-0.4, -0.2) is 33.0 Å². The molecule has 4 rings (SSSR count). The van der Waals surface area contributed by atoms with E-state index in [-0.39, 0.29) is 0 Å². The molecule has 1 aliphatic heterocycles. The lowest BCUT2D eigenvalue weighted by Crippen LogP contribution is -2.47. The molecule has 1 saturated heterocycles. The van der Waals surface area contributed by atoms with Crippen molar-refractivity contribution < 1.29 is 8.78 Å². The Kier molecular flexibility index (Phi) is 4.28. The molecule has 1 aliphatic rings. The maximum Gasteiger partial charge on any atom is 0.129 e. The van der Waals surface area contributed by atoms with Crippen molar-refractivity contribution in [1.82, 2.24) is 19.9 Å². The molecule has 0 saturated carbocycles. The summed E-state index contributed by atoms with van der Waals surface area (Å²) in [4.78, 5) is 3.88. The smallest absolute Gasteiger partial charge is 0.129 e. The normalized spacial score (nSPS) is 15.3. The molecule has 2 heterocycles. The minimum absolute atomic E-state index is 0.393. The van der Waals surface area contributed by atoms with Gasteiger partial charge in [0.15, 0.2) is 0 Å². The van der Waals surface area contributed by atoms with Crippen LogP contribution in [0.5, 0.6) is 0 Å². The monoisotopic (exact) mass is 340 g/mol. The van der Waals surface area contributed by atoms with Gasteiger partial charge in [0, 0.05) is 25.7 Å². The predicted octanol–water partition coefficient (Wildman–Crippen LogP) is 3.22. The van der Waals surface area contributed by atoms with Crippen LogP contribution < -0.4 is 0 Å². The van der Waals surface area contributed by atoms with Crippen LogP contribution in [0.15, 0.2) is 54.7 Å². The van der Waals surface area contributed by atoms with Gasteiger partial charge >= 0.3 is 0 Å². The molecule has 0 unspecified atom stereocenters. The third kappa shape index (κ3) is 3.58. The largest absolute Gasteiger partial charge is 0.297 e. The molecule has 3 aromatic rings. The Balaban J connectivity index is 1.31. The number of likely N-dealkylation sites (tertiary alicyclic amines) is 1. The molecule has 0 amide bonds. The quantitative estimate of drug-likeness (QED) is 0.715. The zero-order valence-corrected chi connectivity index (χ0v) is 13.6. The van der Waals surface area contributed by atoms with Gasteiger partial charge in [-0.1, -0.05) is 24.3 Å². The molecule has 0 aliphatic carbocycles. The Hall–Kier alpha value is -2.60. The molecule has 0 bridgehead atoms. The number of benzene rings is 2. The molecule has 0 N–H and O–H groups in total. The number of aromatic nitrogens is 3. The summed E-state index contributed by atoms with van der Waals surface area (Å²) in [6.45, 7) is 2.50. The van der Waals surface area contributed by atoms with E-state index in [9.17, 15) is 8.78 Å². The van der Waals surface area contributed by atoms with E-state index in [0.717, 1.165) is 37.1 Å². The first-order valence-electron chi connectivity index (χ1n) is 8.30. The maximum atomic E-state index is 13.7. The fourth-order valence-corrected chi connectivity index (χ4v) is 3.22. The maximum absolute atomic E-state index is 13.7. The summed E-state index contributed by atoms with van der Waals surface area (Å²) in [5.74, 6) is -0.591. The van der Waals surface area contributed by atoms with Gasteiger partial charge in [0.1, 0.15) is 11.6 Å². The van der Waals surface area contributed by atoms with Crippen LogP contribution >= 0.6 is 0 Å². The van der Waals surface area contributed by atoms with E-state index in [1.807, 2.05) is 30.3 Å². The van der Waals surface area contributed by atoms with Gasteiger partial charge in [0.25, 0.3) is 0 Å². The molecule has 25 heavy (non-hydrogen) atoms. The SMILES string of the molecule is Fc1ccc(CC2CN(Cc3cnn(-c4ccccc4)n3)C2)c(F)c1. The zero-order valence-electron chi connectivity index (χ0n) is 13.6. The van der Waals surface area contributed by atoms with Crippen molar-refractivity contribution in [2.45, 2.75) is 13.0 Å². The average Bonchev–Trinajstić information content (AvgIpc) is 3.04. The van der Waals surface area contributed by atoms with Gasteiger partial charge in [-0.2, -0.15) is 15.0 Å². The van der Waals surface area contributed by atoms with Gasteiger partial charge in [0.2, 0.25) is 0 Å². The van der Waals surface area contributed by atoms with Crippen molar-refractivity contribution in [2.75, 3.05) is 13.1 Å². The van der Waals surface area contributed by atoms with Gasteiger partial charge in [-0.25, -0.2) is 8.78 Å². The summed E-state index contributed by atoms with van der Waals surface area (Å²) in [7, 11) is 0. The third-order valence-electron chi connectivity index (χ3n) is 4.47. The number of halogens is 2. The van der Waals surface area contributed by atoms with Crippen molar-refractivity contribution in [3.63, 3.8) is 0 Å². The molecule has 2 aromatic carbocycles. The number of hydrogen-bond acceptors (Lipinski definition) is 3. The van der Waals surface area contributed by atoms with Gasteiger partial charge in [-0.3, -0.25) is 4.90 Å². The Labute approximate surface area is 144 Å². The number of hydrogen-bond donors (Lipinski definition) is 0. The number of para-hydroxylation sites is 1. The van der Waals surface area contributed by atoms with Crippen LogP contribution in [0.4, 0.5) is 8.78 Å². The molecule has 1 fully saturated rings. The highest BCUT2D eigenvalue weighted by atomic mass is 19.1. The highest BCUT2D eigenvalue weighted by Gasteiger charge is 2.28. The first-order chi connectivity index (χ1) is 12.2. The summed E-state index contributed by atoms with van der Waals surface area (Å²) >= 11 is 0. The highest BCUT2D eigenvalue weighted by Crippen LogP contribution is 2.23. The molecular formula is C19H18F2N4. The minimum Gasteiger partial charge on any atom is -0.297 e. The molecule has 6 heteroatoms. The van der Waals surface area contributed by atoms with Gasteiger partial charge in [-0.05, 0) is 36.1 Å². The van der Waals surface area contributed by atoms with Crippen molar-refractivity contribution in [1.29, 1.82) is 0 Å². The van der Waals surface area contributed by atoms with E-state index < -0.39 is 11.6 Å². The Bertz CT molecular complexity index is 857. The van der Waals surface area contributed by atoms with E-state index in [1.165, 1.54) is 6.07 Å². The molecule has 4 nitrogen and oxygen atoms in total. The van der Waals surface area contributed by atoms with E-state index in [2.05, 4.69) is 15.1 Å². The summed E-state index contributed by atoms with van der Waals surface area (Å²) in [6.07, 6.45) is 2.42. The fraction of sp³-hybridized carbons (Fsp3) is 0.263. The van der Waals surface area contributed by atoms with Crippen LogP contribution in [0.3, 0.4) is 0 Å². The van der Waals surface area contributed by atoms with Crippen LogP contribution in [-0.2, 0) is 13.0 Å². The molecule has 0 radical (unpaired) electrons. The first-order valence-corrected chi connectivity index (χ1v) is 8.30. The van der Waals surface area contributed by atoms with Gasteiger partial charge < -0.3 is 0 Å². The summed E-state index contributed by atoms with van der Waals surface area (Å²) in [5, 5.41) is 8.80. The fourth-order valence-electron chi connectivity index (χ4n) is 3.22. The summed E-state index contributed by atoms with van der Waals surface area (Å²) in [6, 6.07) is 13.6. The second-order valence-corrected chi connectivity index (χ2v) is 6.46. The molecule has 1 aromatic heterocycles. The lowest BCUT2D eigenvalue weighted by Gasteiger charge is -2.39. The van der Waals surface area contributed by atoms with E-state index in [4.69, 9.17) is 0 Å². The average molecular weight is 340 g/mol. The Morgan fingerprint density at radius 3 is 2.60 bits per heavy atom. The van der Waals surface area contributed by atoms with Crippen molar-refractivity contribution in [2.24, 2.45) is 5.92 Å². The van der Waals surface area contributed by atoms with Gasteiger partial charge in [-0.15, -0.1) is 0 Å². The third-order valence-corrected chi connectivity index (χ3v) is 4.47. The van der Waals surface area contributed by atoms with Crippen LogP contribution in [0.2, 0.25) is 0 Å². The number of rotatable bonds is 5. The summed E-state index contributed by atoms with van der Waals surface area (Å²) in [5.41, 5.74) is 2.43. The predicted molar refractivity (Wildman–Crippen MR) is 90.2 cm³/mol. The molecule has 0 spiro atoms. The van der Waals surface area contributed by atoms with Crippen LogP contribution in [0, 0.1) is 17.6 Å². The lowest BCUT2D eigenvalue weighted by molar-refractivity contribution is 0.0904. The van der Waals surface area contributed by atoms with Crippen molar-refractivity contribution in [3.05, 3.63) is 77.6 Å². The minimum atomic E-state index is -0.530. The van der Waals surface area contributed by atoms with Crippen molar-refractivity contribution >= 4 is 0 Å². The van der Waals surface area contributed by atoms with E-state index in [0.29, 0.717) is 17.9 Å². The molecule has 128 valence electrons. The Morgan fingerprint density at radius 1 is 1.04 bits per heavy atom. The molecule has 0 atom stereocenters. The second-order valence-electron chi connectivity index (χ2n) is 6.46. The lowest BCUT2D eigenvalue weighted by atomic mass is 9.92. The summed E-state index contributed by atoms with van der Waals surface area (Å²) < 4.78 is 26.7.